The Kier molecular flexibility index (Phi) is 5.27. The van der Waals surface area contributed by atoms with Crippen molar-refractivity contribution in [3.8, 4) is 17.2 Å². The van der Waals surface area contributed by atoms with Crippen LogP contribution in [0.4, 0.5) is 14.5 Å². The summed E-state index contributed by atoms with van der Waals surface area (Å²) in [5.41, 5.74) is -0.703. The van der Waals surface area contributed by atoms with E-state index in [-0.39, 0.29) is 35.8 Å². The summed E-state index contributed by atoms with van der Waals surface area (Å²) in [4.78, 5) is 14.5. The minimum absolute atomic E-state index is 0.0203. The van der Waals surface area contributed by atoms with Crippen LogP contribution >= 0.6 is 0 Å². The van der Waals surface area contributed by atoms with E-state index in [0.717, 1.165) is 0 Å². The molecule has 1 saturated heterocycles. The Bertz CT molecular complexity index is 990. The number of carbonyl (C=O) groups is 1. The maximum Gasteiger partial charge on any atom is 0.189 e. The van der Waals surface area contributed by atoms with Gasteiger partial charge in [-0.1, -0.05) is 6.07 Å². The molecule has 1 atom stereocenters. The third-order valence-corrected chi connectivity index (χ3v) is 5.46. The molecule has 0 aromatic heterocycles. The van der Waals surface area contributed by atoms with Gasteiger partial charge in [-0.05, 0) is 26.0 Å². The van der Waals surface area contributed by atoms with Crippen molar-refractivity contribution in [2.45, 2.75) is 25.9 Å². The molecule has 2 heterocycles. The summed E-state index contributed by atoms with van der Waals surface area (Å²) >= 11 is 0. The van der Waals surface area contributed by atoms with Crippen molar-refractivity contribution < 1.29 is 32.9 Å². The predicted octanol–water partition coefficient (Wildman–Crippen LogP) is 3.62. The number of fused-ring (bicyclic) bond motifs is 1. The van der Waals surface area contributed by atoms with Crippen molar-refractivity contribution in [2.75, 3.05) is 37.8 Å². The van der Waals surface area contributed by atoms with Gasteiger partial charge in [0.2, 0.25) is 0 Å². The molecule has 2 aliphatic rings. The number of anilines is 1. The summed E-state index contributed by atoms with van der Waals surface area (Å²) in [7, 11) is 0. The number of halogens is 2. The summed E-state index contributed by atoms with van der Waals surface area (Å²) in [6, 6.07) is 5.96. The van der Waals surface area contributed by atoms with E-state index in [4.69, 9.17) is 14.2 Å². The molecule has 1 N–H and O–H groups in total. The Labute approximate surface area is 173 Å². The van der Waals surface area contributed by atoms with Gasteiger partial charge in [0.15, 0.2) is 17.3 Å². The quantitative estimate of drug-likeness (QED) is 0.817. The van der Waals surface area contributed by atoms with Crippen LogP contribution in [0.15, 0.2) is 24.3 Å². The number of hydrogen-bond donors (Lipinski definition) is 1. The van der Waals surface area contributed by atoms with E-state index in [0.29, 0.717) is 37.6 Å². The second kappa shape index (κ2) is 7.75. The maximum absolute atomic E-state index is 14.8. The summed E-state index contributed by atoms with van der Waals surface area (Å²) in [6.45, 7) is 5.07. The van der Waals surface area contributed by atoms with Crippen molar-refractivity contribution in [3.63, 3.8) is 0 Å². The third kappa shape index (κ3) is 3.67. The van der Waals surface area contributed by atoms with Gasteiger partial charge >= 0.3 is 0 Å². The van der Waals surface area contributed by atoms with Crippen LogP contribution in [0.2, 0.25) is 0 Å². The zero-order valence-corrected chi connectivity index (χ0v) is 16.8. The molecule has 30 heavy (non-hydrogen) atoms. The molecule has 160 valence electrons. The Morgan fingerprint density at radius 2 is 2.00 bits per heavy atom. The first-order valence-corrected chi connectivity index (χ1v) is 9.77. The first kappa shape index (κ1) is 20.4. The summed E-state index contributed by atoms with van der Waals surface area (Å²) < 4.78 is 45.6. The minimum Gasteiger partial charge on any atom is -0.504 e. The highest BCUT2D eigenvalue weighted by molar-refractivity contribution is 6.03. The number of ketones is 1. The zero-order valence-electron chi connectivity index (χ0n) is 16.8. The van der Waals surface area contributed by atoms with Gasteiger partial charge in [-0.3, -0.25) is 4.79 Å². The first-order valence-electron chi connectivity index (χ1n) is 9.77. The van der Waals surface area contributed by atoms with Crippen molar-refractivity contribution in [3.05, 3.63) is 47.0 Å². The number of carbonyl (C=O) groups excluding carboxylic acids is 1. The van der Waals surface area contributed by atoms with Gasteiger partial charge in [-0.25, -0.2) is 8.78 Å². The van der Waals surface area contributed by atoms with Crippen LogP contribution in [0.25, 0.3) is 0 Å². The standard InChI is InChI=1S/C22H23F2NO5/c1-13-14(23)4-3-5-17(13)29-12-22(2)11-16(26)19-18(30-22)10-15(20(24)21(19)27)25-6-8-28-9-7-25/h3-5,10,27H,6-9,11-12H2,1-2H3. The number of rotatable bonds is 4. The highest BCUT2D eigenvalue weighted by Gasteiger charge is 2.41. The summed E-state index contributed by atoms with van der Waals surface area (Å²) in [6.07, 6.45) is -0.113. The van der Waals surface area contributed by atoms with E-state index in [9.17, 15) is 18.7 Å². The number of benzene rings is 2. The molecule has 1 unspecified atom stereocenters. The average Bonchev–Trinajstić information content (AvgIpc) is 2.72. The Morgan fingerprint density at radius 3 is 2.73 bits per heavy atom. The van der Waals surface area contributed by atoms with Gasteiger partial charge in [-0.2, -0.15) is 0 Å². The lowest BCUT2D eigenvalue weighted by atomic mass is 9.91. The van der Waals surface area contributed by atoms with Gasteiger partial charge < -0.3 is 24.2 Å². The van der Waals surface area contributed by atoms with Crippen LogP contribution in [0, 0.1) is 18.6 Å². The zero-order chi connectivity index (χ0) is 21.5. The van der Waals surface area contributed by atoms with E-state index in [1.807, 2.05) is 0 Å². The fourth-order valence-electron chi connectivity index (χ4n) is 3.78. The molecule has 0 saturated carbocycles. The largest absolute Gasteiger partial charge is 0.504 e. The number of Topliss-reactive ketones (excluding diaryl/α,β-unsaturated/α-hetero) is 1. The summed E-state index contributed by atoms with van der Waals surface area (Å²) in [5, 5.41) is 10.4. The van der Waals surface area contributed by atoms with Crippen molar-refractivity contribution in [1.29, 1.82) is 0 Å². The molecule has 2 aromatic rings. The topological polar surface area (TPSA) is 68.2 Å². The van der Waals surface area contributed by atoms with Crippen molar-refractivity contribution >= 4 is 11.5 Å². The molecular weight excluding hydrogens is 396 g/mol. The predicted molar refractivity (Wildman–Crippen MR) is 106 cm³/mol. The Balaban J connectivity index is 1.62. The lowest BCUT2D eigenvalue weighted by Gasteiger charge is -2.36. The smallest absolute Gasteiger partial charge is 0.189 e. The molecule has 0 aliphatic carbocycles. The van der Waals surface area contributed by atoms with E-state index < -0.39 is 23.0 Å². The normalized spacial score (nSPS) is 21.2. The molecule has 1 fully saturated rings. The van der Waals surface area contributed by atoms with Gasteiger partial charge in [-0.15, -0.1) is 0 Å². The number of morpholine rings is 1. The second-order valence-electron chi connectivity index (χ2n) is 7.83. The van der Waals surface area contributed by atoms with E-state index >= 15 is 0 Å². The number of phenolic OH excluding ortho intramolecular Hbond substituents is 1. The SMILES string of the molecule is Cc1c(F)cccc1OCC1(C)CC(=O)c2c(cc(N3CCOCC3)c(F)c2O)O1. The third-order valence-electron chi connectivity index (χ3n) is 5.46. The Hall–Kier alpha value is -2.87. The lowest BCUT2D eigenvalue weighted by molar-refractivity contribution is 0.0182. The molecule has 0 bridgehead atoms. The fourth-order valence-corrected chi connectivity index (χ4v) is 3.78. The molecule has 6 nitrogen and oxygen atoms in total. The average molecular weight is 419 g/mol. The lowest BCUT2D eigenvalue weighted by Crippen LogP contribution is -2.44. The molecule has 0 radical (unpaired) electrons. The molecule has 2 aliphatic heterocycles. The summed E-state index contributed by atoms with van der Waals surface area (Å²) in [5.74, 6) is -1.92. The van der Waals surface area contributed by atoms with Gasteiger partial charge in [0.25, 0.3) is 0 Å². The second-order valence-corrected chi connectivity index (χ2v) is 7.83. The van der Waals surface area contributed by atoms with Gasteiger partial charge in [0.1, 0.15) is 35.1 Å². The van der Waals surface area contributed by atoms with Gasteiger partial charge in [0, 0.05) is 24.7 Å². The number of aromatic hydroxyl groups is 1. The fraction of sp³-hybridized carbons (Fsp3) is 0.409. The first-order chi connectivity index (χ1) is 14.3. The number of ether oxygens (including phenoxy) is 3. The van der Waals surface area contributed by atoms with Crippen LogP contribution in [0.5, 0.6) is 17.2 Å². The number of hydrogen-bond acceptors (Lipinski definition) is 6. The molecule has 4 rings (SSSR count). The monoisotopic (exact) mass is 419 g/mol. The number of phenols is 1. The van der Waals surface area contributed by atoms with Crippen molar-refractivity contribution in [2.24, 2.45) is 0 Å². The van der Waals surface area contributed by atoms with Crippen LogP contribution in [0.3, 0.4) is 0 Å². The minimum atomic E-state index is -1.06. The van der Waals surface area contributed by atoms with Crippen LogP contribution in [0.1, 0.15) is 29.3 Å². The van der Waals surface area contributed by atoms with Crippen molar-refractivity contribution in [1.82, 2.24) is 0 Å². The highest BCUT2D eigenvalue weighted by atomic mass is 19.1. The highest BCUT2D eigenvalue weighted by Crippen LogP contribution is 2.44. The Morgan fingerprint density at radius 1 is 1.27 bits per heavy atom. The molecule has 0 amide bonds. The van der Waals surface area contributed by atoms with Crippen LogP contribution in [-0.4, -0.2) is 49.4 Å². The molecular formula is C22H23F2NO5. The van der Waals surface area contributed by atoms with E-state index in [2.05, 4.69) is 0 Å². The van der Waals surface area contributed by atoms with E-state index in [1.54, 1.807) is 24.8 Å². The molecule has 2 aromatic carbocycles. The maximum atomic E-state index is 14.8. The van der Waals surface area contributed by atoms with E-state index in [1.165, 1.54) is 18.2 Å². The number of nitrogens with zero attached hydrogens (tertiary/aromatic N) is 1. The van der Waals surface area contributed by atoms with Crippen LogP contribution in [-0.2, 0) is 4.74 Å². The molecule has 8 heteroatoms. The van der Waals surface area contributed by atoms with Gasteiger partial charge in [0.05, 0.1) is 25.3 Å². The molecule has 0 spiro atoms. The van der Waals surface area contributed by atoms with Crippen LogP contribution < -0.4 is 14.4 Å².